The second-order valence-corrected chi connectivity index (χ2v) is 6.59. The topological polar surface area (TPSA) is 66.5 Å². The number of hydrogen-bond acceptors (Lipinski definition) is 3. The average molecular weight is 282 g/mol. The number of amides is 2. The molecular weight excluding hydrogens is 256 g/mol. The Labute approximate surface area is 121 Å². The summed E-state index contributed by atoms with van der Waals surface area (Å²) in [6.45, 7) is 8.62. The van der Waals surface area contributed by atoms with Crippen LogP contribution in [0.3, 0.4) is 0 Å². The molecule has 2 amide bonds. The highest BCUT2D eigenvalue weighted by Gasteiger charge is 2.38. The third-order valence-corrected chi connectivity index (χ3v) is 3.74. The summed E-state index contributed by atoms with van der Waals surface area (Å²) in [5, 5.41) is 2.80. The van der Waals surface area contributed by atoms with Crippen LogP contribution in [-0.2, 0) is 14.4 Å². The zero-order chi connectivity index (χ0) is 15.3. The molecule has 1 rings (SSSR count). The molecule has 0 spiro atoms. The van der Waals surface area contributed by atoms with Gasteiger partial charge < -0.3 is 15.0 Å². The number of likely N-dealkylation sites (tertiary alicyclic amines) is 1. The summed E-state index contributed by atoms with van der Waals surface area (Å²) in [5.74, 6) is -0.251. The fraction of sp³-hybridized carbons (Fsp3) is 0.800. The van der Waals surface area contributed by atoms with E-state index in [0.29, 0.717) is 0 Å². The highest BCUT2D eigenvalue weighted by Crippen LogP contribution is 2.25. The standard InChI is InChI=1S/C15H26N2O3/c1-11-7-5-9-17(11)14(20)13(15(2,3)4)16-12(19)8-6-10-18/h10-11,13H,5-9H2,1-4H3,(H,16,19). The van der Waals surface area contributed by atoms with Gasteiger partial charge in [0, 0.05) is 25.4 Å². The Bertz CT molecular complexity index is 374. The van der Waals surface area contributed by atoms with Crippen LogP contribution in [0.25, 0.3) is 0 Å². The van der Waals surface area contributed by atoms with Gasteiger partial charge in [-0.15, -0.1) is 0 Å². The molecule has 0 saturated carbocycles. The molecule has 1 saturated heterocycles. The summed E-state index contributed by atoms with van der Waals surface area (Å²) in [4.78, 5) is 36.7. The molecule has 0 aromatic carbocycles. The summed E-state index contributed by atoms with van der Waals surface area (Å²) in [6.07, 6.45) is 3.08. The van der Waals surface area contributed by atoms with Gasteiger partial charge in [-0.3, -0.25) is 9.59 Å². The van der Waals surface area contributed by atoms with E-state index in [-0.39, 0.29) is 36.1 Å². The minimum absolute atomic E-state index is 0.0121. The summed E-state index contributed by atoms with van der Waals surface area (Å²) in [5.41, 5.74) is -0.351. The van der Waals surface area contributed by atoms with Gasteiger partial charge in [-0.05, 0) is 25.2 Å². The lowest BCUT2D eigenvalue weighted by molar-refractivity contribution is -0.140. The van der Waals surface area contributed by atoms with Gasteiger partial charge in [0.2, 0.25) is 11.8 Å². The molecular formula is C15H26N2O3. The number of nitrogens with one attached hydrogen (secondary N) is 1. The molecule has 0 aromatic rings. The molecule has 0 radical (unpaired) electrons. The molecule has 2 unspecified atom stereocenters. The van der Waals surface area contributed by atoms with Gasteiger partial charge >= 0.3 is 0 Å². The fourth-order valence-electron chi connectivity index (χ4n) is 2.50. The van der Waals surface area contributed by atoms with Crippen LogP contribution in [0.2, 0.25) is 0 Å². The van der Waals surface area contributed by atoms with E-state index in [4.69, 9.17) is 0 Å². The van der Waals surface area contributed by atoms with Crippen LogP contribution in [0.15, 0.2) is 0 Å². The summed E-state index contributed by atoms with van der Waals surface area (Å²) < 4.78 is 0. The zero-order valence-corrected chi connectivity index (χ0v) is 12.9. The lowest BCUT2D eigenvalue weighted by Gasteiger charge is -2.35. The Hall–Kier alpha value is -1.39. The molecule has 1 fully saturated rings. The van der Waals surface area contributed by atoms with Crippen molar-refractivity contribution < 1.29 is 14.4 Å². The zero-order valence-electron chi connectivity index (χ0n) is 12.9. The van der Waals surface area contributed by atoms with Crippen molar-refractivity contribution in [2.24, 2.45) is 5.41 Å². The molecule has 1 aliphatic rings. The first-order chi connectivity index (χ1) is 9.27. The van der Waals surface area contributed by atoms with Crippen molar-refractivity contribution in [3.05, 3.63) is 0 Å². The first-order valence-corrected chi connectivity index (χ1v) is 7.31. The fourth-order valence-corrected chi connectivity index (χ4v) is 2.50. The van der Waals surface area contributed by atoms with Gasteiger partial charge in [0.05, 0.1) is 0 Å². The van der Waals surface area contributed by atoms with Crippen molar-refractivity contribution in [1.29, 1.82) is 0 Å². The Balaban J connectivity index is 2.76. The minimum Gasteiger partial charge on any atom is -0.344 e. The number of nitrogens with zero attached hydrogens (tertiary/aromatic N) is 1. The number of aldehydes is 1. The largest absolute Gasteiger partial charge is 0.344 e. The molecule has 0 aromatic heterocycles. The predicted molar refractivity (Wildman–Crippen MR) is 77.1 cm³/mol. The Morgan fingerprint density at radius 2 is 2.05 bits per heavy atom. The van der Waals surface area contributed by atoms with Gasteiger partial charge in [-0.2, -0.15) is 0 Å². The van der Waals surface area contributed by atoms with Gasteiger partial charge in [0.25, 0.3) is 0 Å². The maximum Gasteiger partial charge on any atom is 0.245 e. The highest BCUT2D eigenvalue weighted by molar-refractivity contribution is 5.89. The van der Waals surface area contributed by atoms with Crippen LogP contribution >= 0.6 is 0 Å². The van der Waals surface area contributed by atoms with Crippen LogP contribution in [-0.4, -0.2) is 41.6 Å². The van der Waals surface area contributed by atoms with Gasteiger partial charge in [0.1, 0.15) is 12.3 Å². The van der Waals surface area contributed by atoms with Crippen LogP contribution in [0.4, 0.5) is 0 Å². The SMILES string of the molecule is CC1CCCN1C(=O)C(NC(=O)CCC=O)C(C)(C)C. The van der Waals surface area contributed by atoms with E-state index >= 15 is 0 Å². The quantitative estimate of drug-likeness (QED) is 0.777. The number of carbonyl (C=O) groups excluding carboxylic acids is 3. The van der Waals surface area contributed by atoms with Crippen molar-refractivity contribution >= 4 is 18.1 Å². The third kappa shape index (κ3) is 4.32. The molecule has 5 nitrogen and oxygen atoms in total. The van der Waals surface area contributed by atoms with Crippen molar-refractivity contribution in [1.82, 2.24) is 10.2 Å². The minimum atomic E-state index is -0.540. The van der Waals surface area contributed by atoms with Gasteiger partial charge in [-0.1, -0.05) is 20.8 Å². The maximum absolute atomic E-state index is 12.7. The number of rotatable bonds is 5. The van der Waals surface area contributed by atoms with Crippen molar-refractivity contribution in [2.45, 2.75) is 65.5 Å². The second-order valence-electron chi connectivity index (χ2n) is 6.59. The van der Waals surface area contributed by atoms with E-state index in [1.807, 2.05) is 32.6 Å². The summed E-state index contributed by atoms with van der Waals surface area (Å²) in [7, 11) is 0. The smallest absolute Gasteiger partial charge is 0.245 e. The first kappa shape index (κ1) is 16.7. The van der Waals surface area contributed by atoms with Crippen molar-refractivity contribution in [3.63, 3.8) is 0 Å². The second kappa shape index (κ2) is 6.86. The summed E-state index contributed by atoms with van der Waals surface area (Å²) in [6, 6.07) is -0.304. The van der Waals surface area contributed by atoms with E-state index in [1.54, 1.807) is 0 Å². The van der Waals surface area contributed by atoms with E-state index in [1.165, 1.54) is 0 Å². The molecule has 20 heavy (non-hydrogen) atoms. The third-order valence-electron chi connectivity index (χ3n) is 3.74. The Morgan fingerprint density at radius 1 is 1.40 bits per heavy atom. The molecule has 5 heteroatoms. The van der Waals surface area contributed by atoms with Crippen molar-refractivity contribution in [3.8, 4) is 0 Å². The molecule has 1 aliphatic heterocycles. The maximum atomic E-state index is 12.7. The average Bonchev–Trinajstić information content (AvgIpc) is 2.77. The Kier molecular flexibility index (Phi) is 5.72. The van der Waals surface area contributed by atoms with Crippen LogP contribution in [0.1, 0.15) is 53.4 Å². The van der Waals surface area contributed by atoms with Crippen LogP contribution in [0.5, 0.6) is 0 Å². The Morgan fingerprint density at radius 3 is 2.50 bits per heavy atom. The van der Waals surface area contributed by atoms with Crippen LogP contribution < -0.4 is 5.32 Å². The summed E-state index contributed by atoms with van der Waals surface area (Å²) >= 11 is 0. The van der Waals surface area contributed by atoms with E-state index < -0.39 is 6.04 Å². The normalized spacial score (nSPS) is 20.6. The van der Waals surface area contributed by atoms with Crippen molar-refractivity contribution in [2.75, 3.05) is 6.54 Å². The molecule has 0 bridgehead atoms. The number of hydrogen-bond donors (Lipinski definition) is 1. The molecule has 114 valence electrons. The molecule has 2 atom stereocenters. The van der Waals surface area contributed by atoms with E-state index in [2.05, 4.69) is 5.32 Å². The lowest BCUT2D eigenvalue weighted by Crippen LogP contribution is -2.55. The van der Waals surface area contributed by atoms with E-state index in [9.17, 15) is 14.4 Å². The molecule has 1 heterocycles. The first-order valence-electron chi connectivity index (χ1n) is 7.31. The lowest BCUT2D eigenvalue weighted by atomic mass is 9.85. The van der Waals surface area contributed by atoms with Gasteiger partial charge in [-0.25, -0.2) is 0 Å². The van der Waals surface area contributed by atoms with E-state index in [0.717, 1.165) is 25.7 Å². The van der Waals surface area contributed by atoms with Gasteiger partial charge in [0.15, 0.2) is 0 Å². The molecule has 0 aliphatic carbocycles. The number of carbonyl (C=O) groups is 3. The molecule has 1 N–H and O–H groups in total. The van der Waals surface area contributed by atoms with Crippen LogP contribution in [0, 0.1) is 5.41 Å². The monoisotopic (exact) mass is 282 g/mol. The predicted octanol–water partition coefficient (Wildman–Crippen LogP) is 1.51. The highest BCUT2D eigenvalue weighted by atomic mass is 16.2.